The van der Waals surface area contributed by atoms with Crippen molar-refractivity contribution in [3.05, 3.63) is 66.3 Å². The van der Waals surface area contributed by atoms with E-state index in [0.29, 0.717) is 5.25 Å². The number of rotatable bonds is 8. The van der Waals surface area contributed by atoms with Crippen LogP contribution in [0, 0.1) is 5.92 Å². The molecule has 1 amide bonds. The van der Waals surface area contributed by atoms with Gasteiger partial charge in [0.25, 0.3) is 0 Å². The van der Waals surface area contributed by atoms with Gasteiger partial charge < -0.3 is 0 Å². The van der Waals surface area contributed by atoms with Crippen LogP contribution in [-0.2, 0) is 11.2 Å². The standard InChI is InChI=1S/C22H29NO2S/c1-3-5-8-18(4-2)19-13-11-17(12-14-19)15-16-26-21-10-7-6-9-20(21)22(24)23-25/h3-5,8,11-14,20-21,25H,2,6-7,9-10,15-16H2,1H3,(H,23,24)/b5-3?,18-8+/t20-,21-/m0/s1. The van der Waals surface area contributed by atoms with Gasteiger partial charge in [-0.25, -0.2) is 5.48 Å². The first kappa shape index (κ1) is 20.5. The number of carbonyl (C=O) groups is 1. The number of nitrogens with one attached hydrogen (secondary N) is 1. The topological polar surface area (TPSA) is 49.3 Å². The number of allylic oxidation sites excluding steroid dienone is 5. The average molecular weight is 372 g/mol. The largest absolute Gasteiger partial charge is 0.289 e. The minimum absolute atomic E-state index is 0.0620. The van der Waals surface area contributed by atoms with Crippen molar-refractivity contribution >= 4 is 23.2 Å². The number of benzene rings is 1. The van der Waals surface area contributed by atoms with Crippen LogP contribution in [0.25, 0.3) is 5.57 Å². The number of hydroxylamine groups is 1. The van der Waals surface area contributed by atoms with Crippen molar-refractivity contribution in [1.29, 1.82) is 0 Å². The summed E-state index contributed by atoms with van der Waals surface area (Å²) in [6.07, 6.45) is 13.1. The van der Waals surface area contributed by atoms with Crippen LogP contribution in [0.2, 0.25) is 0 Å². The van der Waals surface area contributed by atoms with Crippen LogP contribution >= 0.6 is 11.8 Å². The summed E-state index contributed by atoms with van der Waals surface area (Å²) in [5.41, 5.74) is 5.42. The highest BCUT2D eigenvalue weighted by Crippen LogP contribution is 2.34. The lowest BCUT2D eigenvalue weighted by atomic mass is 9.88. The van der Waals surface area contributed by atoms with E-state index in [9.17, 15) is 4.79 Å². The predicted octanol–water partition coefficient (Wildman–Crippen LogP) is 5.17. The number of hydrogen-bond acceptors (Lipinski definition) is 3. The fourth-order valence-corrected chi connectivity index (χ4v) is 4.83. The predicted molar refractivity (Wildman–Crippen MR) is 111 cm³/mol. The van der Waals surface area contributed by atoms with Crippen LogP contribution in [0.1, 0.15) is 43.7 Å². The third-order valence-corrected chi connectivity index (χ3v) is 6.28. The Hall–Kier alpha value is -1.78. The van der Waals surface area contributed by atoms with Gasteiger partial charge in [-0.05, 0) is 48.6 Å². The molecule has 0 unspecified atom stereocenters. The highest BCUT2D eigenvalue weighted by molar-refractivity contribution is 7.99. The molecular weight excluding hydrogens is 342 g/mol. The minimum Gasteiger partial charge on any atom is -0.289 e. The van der Waals surface area contributed by atoms with Crippen molar-refractivity contribution in [2.24, 2.45) is 5.92 Å². The molecule has 2 rings (SSSR count). The van der Waals surface area contributed by atoms with Gasteiger partial charge in [0.15, 0.2) is 0 Å². The molecule has 1 aliphatic rings. The van der Waals surface area contributed by atoms with Gasteiger partial charge in [-0.1, -0.05) is 68.0 Å². The summed E-state index contributed by atoms with van der Waals surface area (Å²) in [7, 11) is 0. The Morgan fingerprint density at radius 1 is 1.31 bits per heavy atom. The molecule has 3 nitrogen and oxygen atoms in total. The maximum atomic E-state index is 11.8. The van der Waals surface area contributed by atoms with Crippen LogP contribution in [0.15, 0.2) is 55.1 Å². The van der Waals surface area contributed by atoms with Crippen molar-refractivity contribution in [2.75, 3.05) is 5.75 Å². The molecule has 0 aliphatic heterocycles. The molecule has 1 aliphatic carbocycles. The fraction of sp³-hybridized carbons (Fsp3) is 0.409. The van der Waals surface area contributed by atoms with Crippen LogP contribution < -0.4 is 5.48 Å². The number of thioether (sulfide) groups is 1. The highest BCUT2D eigenvalue weighted by Gasteiger charge is 2.30. The number of amides is 1. The molecule has 1 fully saturated rings. The zero-order valence-electron chi connectivity index (χ0n) is 15.5. The molecule has 2 atom stereocenters. The molecule has 1 aromatic rings. The molecule has 0 saturated heterocycles. The Morgan fingerprint density at radius 2 is 2.04 bits per heavy atom. The Kier molecular flexibility index (Phi) is 8.72. The summed E-state index contributed by atoms with van der Waals surface area (Å²) in [4.78, 5) is 11.8. The molecule has 0 aromatic heterocycles. The van der Waals surface area contributed by atoms with E-state index in [1.807, 2.05) is 42.4 Å². The zero-order valence-corrected chi connectivity index (χ0v) is 16.3. The highest BCUT2D eigenvalue weighted by atomic mass is 32.2. The Balaban J connectivity index is 1.89. The van der Waals surface area contributed by atoms with Crippen molar-refractivity contribution in [3.8, 4) is 0 Å². The molecule has 0 radical (unpaired) electrons. The van der Waals surface area contributed by atoms with Gasteiger partial charge in [0, 0.05) is 5.25 Å². The van der Waals surface area contributed by atoms with Crippen molar-refractivity contribution in [1.82, 2.24) is 5.48 Å². The molecule has 4 heteroatoms. The fourth-order valence-electron chi connectivity index (χ4n) is 3.35. The number of hydrogen-bond donors (Lipinski definition) is 2. The SMILES string of the molecule is C=C/C(=C\C=CC)c1ccc(CCS[C@H]2CCCC[C@@H]2C(=O)NO)cc1. The van der Waals surface area contributed by atoms with Gasteiger partial charge in [0.1, 0.15) is 0 Å². The monoisotopic (exact) mass is 371 g/mol. The summed E-state index contributed by atoms with van der Waals surface area (Å²) in [6, 6.07) is 8.61. The molecule has 140 valence electrons. The van der Waals surface area contributed by atoms with E-state index < -0.39 is 0 Å². The summed E-state index contributed by atoms with van der Waals surface area (Å²) < 4.78 is 0. The first-order valence-corrected chi connectivity index (χ1v) is 10.3. The molecule has 1 aromatic carbocycles. The van der Waals surface area contributed by atoms with Crippen molar-refractivity contribution in [2.45, 2.75) is 44.3 Å². The van der Waals surface area contributed by atoms with E-state index in [2.05, 4.69) is 36.9 Å². The summed E-state index contributed by atoms with van der Waals surface area (Å²) in [5.74, 6) is 0.701. The van der Waals surface area contributed by atoms with Gasteiger partial charge >= 0.3 is 0 Å². The van der Waals surface area contributed by atoms with Crippen LogP contribution in [0.3, 0.4) is 0 Å². The third-order valence-electron chi connectivity index (χ3n) is 4.85. The summed E-state index contributed by atoms with van der Waals surface area (Å²) >= 11 is 1.86. The van der Waals surface area contributed by atoms with Gasteiger partial charge in [-0.15, -0.1) is 0 Å². The Morgan fingerprint density at radius 3 is 2.69 bits per heavy atom. The normalized spacial score (nSPS) is 20.9. The number of carbonyl (C=O) groups excluding carboxylic acids is 1. The lowest BCUT2D eigenvalue weighted by Gasteiger charge is -2.29. The van der Waals surface area contributed by atoms with E-state index in [4.69, 9.17) is 5.21 Å². The second kappa shape index (κ2) is 11.0. The molecular formula is C22H29NO2S. The van der Waals surface area contributed by atoms with Crippen LogP contribution in [0.4, 0.5) is 0 Å². The lowest BCUT2D eigenvalue weighted by molar-refractivity contribution is -0.134. The van der Waals surface area contributed by atoms with Gasteiger partial charge in [-0.2, -0.15) is 11.8 Å². The minimum atomic E-state index is -0.226. The first-order chi connectivity index (χ1) is 12.7. The average Bonchev–Trinajstić information content (AvgIpc) is 2.69. The smallest absolute Gasteiger partial charge is 0.247 e. The lowest BCUT2D eigenvalue weighted by Crippen LogP contribution is -2.36. The second-order valence-electron chi connectivity index (χ2n) is 6.58. The quantitative estimate of drug-likeness (QED) is 0.376. The summed E-state index contributed by atoms with van der Waals surface area (Å²) in [6.45, 7) is 5.89. The van der Waals surface area contributed by atoms with Crippen LogP contribution in [0.5, 0.6) is 0 Å². The van der Waals surface area contributed by atoms with Crippen molar-refractivity contribution < 1.29 is 10.0 Å². The molecule has 0 bridgehead atoms. The second-order valence-corrected chi connectivity index (χ2v) is 7.92. The Bertz CT molecular complexity index is 649. The molecule has 26 heavy (non-hydrogen) atoms. The molecule has 1 saturated carbocycles. The van der Waals surface area contributed by atoms with Crippen LogP contribution in [-0.4, -0.2) is 22.1 Å². The number of aryl methyl sites for hydroxylation is 1. The van der Waals surface area contributed by atoms with E-state index in [-0.39, 0.29) is 11.8 Å². The maximum absolute atomic E-state index is 11.8. The van der Waals surface area contributed by atoms with Gasteiger partial charge in [-0.3, -0.25) is 10.0 Å². The third kappa shape index (κ3) is 5.89. The van der Waals surface area contributed by atoms with E-state index in [1.165, 1.54) is 17.5 Å². The van der Waals surface area contributed by atoms with E-state index in [1.54, 1.807) is 0 Å². The zero-order chi connectivity index (χ0) is 18.8. The maximum Gasteiger partial charge on any atom is 0.247 e. The van der Waals surface area contributed by atoms with Gasteiger partial charge in [0.2, 0.25) is 5.91 Å². The Labute approximate surface area is 161 Å². The van der Waals surface area contributed by atoms with E-state index in [0.717, 1.165) is 37.0 Å². The molecule has 2 N–H and O–H groups in total. The van der Waals surface area contributed by atoms with E-state index >= 15 is 0 Å². The first-order valence-electron chi connectivity index (χ1n) is 9.30. The summed E-state index contributed by atoms with van der Waals surface area (Å²) in [5, 5.41) is 9.24. The van der Waals surface area contributed by atoms with Crippen molar-refractivity contribution in [3.63, 3.8) is 0 Å². The van der Waals surface area contributed by atoms with Gasteiger partial charge in [0.05, 0.1) is 5.92 Å². The molecule has 0 heterocycles. The molecule has 0 spiro atoms.